The highest BCUT2D eigenvalue weighted by Crippen LogP contribution is 2.12. The van der Waals surface area contributed by atoms with E-state index in [0.717, 1.165) is 11.1 Å². The summed E-state index contributed by atoms with van der Waals surface area (Å²) in [5, 5.41) is 0. The van der Waals surface area contributed by atoms with Gasteiger partial charge in [0.1, 0.15) is 6.26 Å². The van der Waals surface area contributed by atoms with Gasteiger partial charge in [0, 0.05) is 5.57 Å². The minimum atomic E-state index is 0.836. The molecular weight excluding hydrogens is 162 g/mol. The fourth-order valence-corrected chi connectivity index (χ4v) is 0.838. The molecule has 0 amide bonds. The number of allylic oxidation sites excluding steroid dienone is 7. The van der Waals surface area contributed by atoms with Gasteiger partial charge in [0.15, 0.2) is 0 Å². The standard InChI is InChI=1S/C11H15NO/c1-4-7-8-10(5-2)11(6-3)9-13-12/h4-9H,1,3,12H2,2H3/b8-7-,10-5+,11-9+. The van der Waals surface area contributed by atoms with Gasteiger partial charge >= 0.3 is 0 Å². The summed E-state index contributed by atoms with van der Waals surface area (Å²) in [4.78, 5) is 4.42. The Morgan fingerprint density at radius 1 is 1.31 bits per heavy atom. The predicted octanol–water partition coefficient (Wildman–Crippen LogP) is 2.64. The lowest BCUT2D eigenvalue weighted by Crippen LogP contribution is -1.92. The second-order valence-corrected chi connectivity index (χ2v) is 2.25. The van der Waals surface area contributed by atoms with Gasteiger partial charge in [0.2, 0.25) is 0 Å². The van der Waals surface area contributed by atoms with Crippen LogP contribution in [0.4, 0.5) is 0 Å². The normalized spacial score (nSPS) is 13.1. The Hall–Kier alpha value is -1.54. The molecule has 0 heterocycles. The van der Waals surface area contributed by atoms with Crippen molar-refractivity contribution < 1.29 is 4.84 Å². The zero-order chi connectivity index (χ0) is 10.1. The highest BCUT2D eigenvalue weighted by molar-refractivity contribution is 5.45. The van der Waals surface area contributed by atoms with Gasteiger partial charge in [-0.3, -0.25) is 0 Å². The second-order valence-electron chi connectivity index (χ2n) is 2.25. The van der Waals surface area contributed by atoms with Crippen LogP contribution in [-0.2, 0) is 4.84 Å². The van der Waals surface area contributed by atoms with Gasteiger partial charge in [-0.25, -0.2) is 0 Å². The van der Waals surface area contributed by atoms with Crippen molar-refractivity contribution in [2.24, 2.45) is 5.90 Å². The van der Waals surface area contributed by atoms with Gasteiger partial charge in [0.05, 0.1) is 0 Å². The molecule has 0 unspecified atom stereocenters. The lowest BCUT2D eigenvalue weighted by molar-refractivity contribution is 0.259. The maximum Gasteiger partial charge on any atom is 0.118 e. The zero-order valence-corrected chi connectivity index (χ0v) is 7.86. The quantitative estimate of drug-likeness (QED) is 0.398. The summed E-state index contributed by atoms with van der Waals surface area (Å²) in [5.74, 6) is 4.93. The Morgan fingerprint density at radius 3 is 2.38 bits per heavy atom. The molecule has 0 bridgehead atoms. The topological polar surface area (TPSA) is 35.2 Å². The number of rotatable bonds is 5. The van der Waals surface area contributed by atoms with E-state index in [1.807, 2.05) is 25.2 Å². The van der Waals surface area contributed by atoms with Crippen LogP contribution in [0.5, 0.6) is 0 Å². The monoisotopic (exact) mass is 177 g/mol. The molecule has 0 rings (SSSR count). The van der Waals surface area contributed by atoms with Crippen LogP contribution in [0.2, 0.25) is 0 Å². The van der Waals surface area contributed by atoms with Crippen molar-refractivity contribution in [3.8, 4) is 0 Å². The fraction of sp³-hybridized carbons (Fsp3) is 0.0909. The van der Waals surface area contributed by atoms with Crippen LogP contribution >= 0.6 is 0 Å². The van der Waals surface area contributed by atoms with E-state index in [4.69, 9.17) is 5.90 Å². The molecule has 0 aliphatic rings. The summed E-state index contributed by atoms with van der Waals surface area (Å²) < 4.78 is 0. The highest BCUT2D eigenvalue weighted by atomic mass is 16.6. The summed E-state index contributed by atoms with van der Waals surface area (Å²) in [6, 6.07) is 0. The van der Waals surface area contributed by atoms with Crippen molar-refractivity contribution >= 4 is 0 Å². The minimum Gasteiger partial charge on any atom is -0.419 e. The summed E-state index contributed by atoms with van der Waals surface area (Å²) in [7, 11) is 0. The van der Waals surface area contributed by atoms with E-state index < -0.39 is 0 Å². The van der Waals surface area contributed by atoms with Crippen LogP contribution in [0.3, 0.4) is 0 Å². The summed E-state index contributed by atoms with van der Waals surface area (Å²) in [5.41, 5.74) is 1.82. The molecular formula is C11H15NO. The number of hydrogen-bond acceptors (Lipinski definition) is 2. The molecule has 2 nitrogen and oxygen atoms in total. The molecule has 0 aliphatic carbocycles. The first-order chi connectivity index (χ1) is 6.29. The van der Waals surface area contributed by atoms with Gasteiger partial charge in [-0.05, 0) is 12.5 Å². The van der Waals surface area contributed by atoms with Crippen LogP contribution < -0.4 is 5.90 Å². The third-order valence-corrected chi connectivity index (χ3v) is 1.47. The smallest absolute Gasteiger partial charge is 0.118 e. The molecule has 0 atom stereocenters. The molecule has 13 heavy (non-hydrogen) atoms. The third kappa shape index (κ3) is 4.13. The van der Waals surface area contributed by atoms with Crippen molar-refractivity contribution in [2.75, 3.05) is 0 Å². The van der Waals surface area contributed by atoms with Crippen LogP contribution in [0.15, 0.2) is 60.9 Å². The van der Waals surface area contributed by atoms with E-state index >= 15 is 0 Å². The average molecular weight is 177 g/mol. The molecule has 0 radical (unpaired) electrons. The molecule has 0 aliphatic heterocycles. The lowest BCUT2D eigenvalue weighted by Gasteiger charge is -2.00. The SMILES string of the molecule is C=C\C=C/C(=C\C)C(/C=C)=C/ON. The average Bonchev–Trinajstić information content (AvgIpc) is 2.17. The van der Waals surface area contributed by atoms with Gasteiger partial charge < -0.3 is 4.84 Å². The number of hydrogen-bond donors (Lipinski definition) is 1. The van der Waals surface area contributed by atoms with E-state index in [1.165, 1.54) is 6.26 Å². The number of nitrogens with two attached hydrogens (primary N) is 1. The maximum atomic E-state index is 4.93. The summed E-state index contributed by atoms with van der Waals surface area (Å²) >= 11 is 0. The van der Waals surface area contributed by atoms with Gasteiger partial charge in [-0.1, -0.05) is 43.5 Å². The third-order valence-electron chi connectivity index (χ3n) is 1.47. The van der Waals surface area contributed by atoms with Crippen molar-refractivity contribution in [2.45, 2.75) is 6.92 Å². The maximum absolute atomic E-state index is 4.93. The van der Waals surface area contributed by atoms with Crippen LogP contribution in [-0.4, -0.2) is 0 Å². The molecule has 0 spiro atoms. The van der Waals surface area contributed by atoms with Crippen molar-refractivity contribution in [3.63, 3.8) is 0 Å². The van der Waals surface area contributed by atoms with Gasteiger partial charge in [-0.15, -0.1) is 0 Å². The van der Waals surface area contributed by atoms with Crippen molar-refractivity contribution in [1.82, 2.24) is 0 Å². The lowest BCUT2D eigenvalue weighted by atomic mass is 10.1. The molecule has 0 fully saturated rings. The van der Waals surface area contributed by atoms with Crippen LogP contribution in [0, 0.1) is 0 Å². The minimum absolute atomic E-state index is 0.836. The Bertz CT molecular complexity index is 259. The van der Waals surface area contributed by atoms with E-state index in [2.05, 4.69) is 18.0 Å². The largest absolute Gasteiger partial charge is 0.419 e. The highest BCUT2D eigenvalue weighted by Gasteiger charge is 1.95. The van der Waals surface area contributed by atoms with E-state index in [-0.39, 0.29) is 0 Å². The molecule has 2 N–H and O–H groups in total. The predicted molar refractivity (Wildman–Crippen MR) is 56.6 cm³/mol. The summed E-state index contributed by atoms with van der Waals surface area (Å²) in [6.45, 7) is 9.16. The molecule has 2 heteroatoms. The molecule has 0 aromatic carbocycles. The first-order valence-electron chi connectivity index (χ1n) is 3.94. The second kappa shape index (κ2) is 7.13. The molecule has 0 saturated heterocycles. The molecule has 70 valence electrons. The summed E-state index contributed by atoms with van der Waals surface area (Å²) in [6.07, 6.45) is 10.5. The van der Waals surface area contributed by atoms with Crippen LogP contribution in [0.25, 0.3) is 0 Å². The van der Waals surface area contributed by atoms with E-state index in [0.29, 0.717) is 0 Å². The Labute approximate surface area is 79.3 Å². The van der Waals surface area contributed by atoms with Crippen LogP contribution in [0.1, 0.15) is 6.92 Å². The fourth-order valence-electron chi connectivity index (χ4n) is 0.838. The zero-order valence-electron chi connectivity index (χ0n) is 7.86. The van der Waals surface area contributed by atoms with Gasteiger partial charge in [-0.2, -0.15) is 5.90 Å². The van der Waals surface area contributed by atoms with E-state index in [1.54, 1.807) is 12.2 Å². The van der Waals surface area contributed by atoms with Gasteiger partial charge in [0.25, 0.3) is 0 Å². The molecule has 0 aromatic heterocycles. The first kappa shape index (κ1) is 11.5. The van der Waals surface area contributed by atoms with Crippen molar-refractivity contribution in [1.29, 1.82) is 0 Å². The Kier molecular flexibility index (Phi) is 6.28. The first-order valence-corrected chi connectivity index (χ1v) is 3.94. The van der Waals surface area contributed by atoms with E-state index in [9.17, 15) is 0 Å². The Morgan fingerprint density at radius 2 is 2.00 bits per heavy atom. The molecule has 0 saturated carbocycles. The Balaban J connectivity index is 4.74. The molecule has 0 aromatic rings. The van der Waals surface area contributed by atoms with Crippen molar-refractivity contribution in [3.05, 3.63) is 60.9 Å².